The van der Waals surface area contributed by atoms with Gasteiger partial charge in [-0.15, -0.1) is 0 Å². The van der Waals surface area contributed by atoms with Gasteiger partial charge in [0.2, 0.25) is 5.91 Å². The zero-order valence-electron chi connectivity index (χ0n) is 16.6. The first-order valence-corrected chi connectivity index (χ1v) is 9.31. The summed E-state index contributed by atoms with van der Waals surface area (Å²) in [6.07, 6.45) is 1.02. The third-order valence-corrected chi connectivity index (χ3v) is 5.69. The van der Waals surface area contributed by atoms with Crippen molar-refractivity contribution in [2.75, 3.05) is 0 Å². The fourth-order valence-corrected chi connectivity index (χ4v) is 3.66. The molecule has 0 spiro atoms. The molecule has 2 aromatic rings. The first-order valence-electron chi connectivity index (χ1n) is 9.31. The number of phenols is 1. The minimum Gasteiger partial charge on any atom is -0.507 e. The lowest BCUT2D eigenvalue weighted by molar-refractivity contribution is -0.139. The van der Waals surface area contributed by atoms with Crippen molar-refractivity contribution in [3.63, 3.8) is 0 Å². The molecule has 28 heavy (non-hydrogen) atoms. The Kier molecular flexibility index (Phi) is 5.06. The number of carbonyl (C=O) groups excluding carboxylic acids is 2. The van der Waals surface area contributed by atoms with Crippen LogP contribution in [0.5, 0.6) is 11.5 Å². The topological polar surface area (TPSA) is 102 Å². The average molecular weight is 382 g/mol. The van der Waals surface area contributed by atoms with Crippen molar-refractivity contribution in [1.29, 1.82) is 0 Å². The van der Waals surface area contributed by atoms with E-state index in [2.05, 4.69) is 5.32 Å². The molecule has 0 saturated heterocycles. The van der Waals surface area contributed by atoms with E-state index < -0.39 is 23.5 Å². The summed E-state index contributed by atoms with van der Waals surface area (Å²) in [7, 11) is 0. The highest BCUT2D eigenvalue weighted by Gasteiger charge is 2.42. The number of rotatable bonds is 4. The quantitative estimate of drug-likeness (QED) is 0.757. The lowest BCUT2D eigenvalue weighted by atomic mass is 9.86. The normalized spacial score (nSPS) is 19.3. The zero-order chi connectivity index (χ0) is 20.6. The molecule has 1 heterocycles. The largest absolute Gasteiger partial charge is 0.507 e. The smallest absolute Gasteiger partial charge is 0.264 e. The van der Waals surface area contributed by atoms with Crippen LogP contribution in [-0.4, -0.2) is 22.5 Å². The summed E-state index contributed by atoms with van der Waals surface area (Å²) in [4.78, 5) is 25.0. The van der Waals surface area contributed by atoms with E-state index in [4.69, 9.17) is 10.5 Å². The first kappa shape index (κ1) is 19.7. The van der Waals surface area contributed by atoms with E-state index in [-0.39, 0.29) is 5.75 Å². The highest BCUT2D eigenvalue weighted by Crippen LogP contribution is 2.43. The molecule has 1 aliphatic heterocycles. The Bertz CT molecular complexity index is 940. The van der Waals surface area contributed by atoms with E-state index in [1.165, 1.54) is 0 Å². The second-order valence-electron chi connectivity index (χ2n) is 7.58. The minimum absolute atomic E-state index is 0.269. The summed E-state index contributed by atoms with van der Waals surface area (Å²) in [6, 6.07) is 7.96. The number of nitrogens with one attached hydrogen (secondary N) is 1. The summed E-state index contributed by atoms with van der Waals surface area (Å²) in [5.74, 6) is -0.126. The Balaban J connectivity index is 1.90. The monoisotopic (exact) mass is 382 g/mol. The predicted molar refractivity (Wildman–Crippen MR) is 106 cm³/mol. The summed E-state index contributed by atoms with van der Waals surface area (Å²) < 4.78 is 6.17. The molecular weight excluding hydrogens is 356 g/mol. The van der Waals surface area contributed by atoms with Crippen molar-refractivity contribution in [1.82, 2.24) is 5.32 Å². The molecule has 2 aromatic carbocycles. The molecule has 2 unspecified atom stereocenters. The summed E-state index contributed by atoms with van der Waals surface area (Å²) in [5, 5.41) is 13.0. The van der Waals surface area contributed by atoms with Crippen molar-refractivity contribution in [3.8, 4) is 11.5 Å². The van der Waals surface area contributed by atoms with Crippen molar-refractivity contribution < 1.29 is 19.4 Å². The predicted octanol–water partition coefficient (Wildman–Crippen LogP) is 2.74. The van der Waals surface area contributed by atoms with Gasteiger partial charge in [-0.1, -0.05) is 30.3 Å². The van der Waals surface area contributed by atoms with Gasteiger partial charge in [0.05, 0.1) is 0 Å². The highest BCUT2D eigenvalue weighted by atomic mass is 16.5. The molecule has 0 radical (unpaired) electrons. The van der Waals surface area contributed by atoms with Gasteiger partial charge >= 0.3 is 0 Å². The summed E-state index contributed by atoms with van der Waals surface area (Å²) in [6.45, 7) is 7.26. The Morgan fingerprint density at radius 3 is 2.39 bits per heavy atom. The number of aromatic hydroxyl groups is 1. The molecule has 3 rings (SSSR count). The van der Waals surface area contributed by atoms with E-state index in [0.29, 0.717) is 24.2 Å². The zero-order valence-corrected chi connectivity index (χ0v) is 16.6. The lowest BCUT2D eigenvalue weighted by Crippen LogP contribution is -2.53. The number of phenolic OH excluding ortho intramolecular Hbond substituents is 1. The van der Waals surface area contributed by atoms with Crippen LogP contribution in [0.4, 0.5) is 0 Å². The third-order valence-electron chi connectivity index (χ3n) is 5.69. The van der Waals surface area contributed by atoms with Gasteiger partial charge in [-0.25, -0.2) is 0 Å². The molecule has 6 nitrogen and oxygen atoms in total. The maximum Gasteiger partial charge on any atom is 0.264 e. The van der Waals surface area contributed by atoms with E-state index in [9.17, 15) is 14.7 Å². The lowest BCUT2D eigenvalue weighted by Gasteiger charge is -2.37. The number of hydrogen-bond donors (Lipinski definition) is 3. The highest BCUT2D eigenvalue weighted by molar-refractivity contribution is 5.91. The van der Waals surface area contributed by atoms with Gasteiger partial charge in [0.25, 0.3) is 5.91 Å². The second kappa shape index (κ2) is 7.19. The third kappa shape index (κ3) is 3.30. The van der Waals surface area contributed by atoms with E-state index >= 15 is 0 Å². The number of nitrogens with two attached hydrogens (primary N) is 1. The van der Waals surface area contributed by atoms with Crippen LogP contribution in [0.25, 0.3) is 0 Å². The van der Waals surface area contributed by atoms with Crippen LogP contribution in [0, 0.1) is 20.8 Å². The number of fused-ring (bicyclic) bond motifs is 1. The van der Waals surface area contributed by atoms with E-state index in [1.54, 1.807) is 31.2 Å². The van der Waals surface area contributed by atoms with Crippen LogP contribution in [0.1, 0.15) is 47.2 Å². The van der Waals surface area contributed by atoms with Gasteiger partial charge in [-0.2, -0.15) is 0 Å². The van der Waals surface area contributed by atoms with E-state index in [0.717, 1.165) is 22.3 Å². The van der Waals surface area contributed by atoms with Crippen LogP contribution in [0.2, 0.25) is 0 Å². The molecule has 0 saturated carbocycles. The Hall–Kier alpha value is -3.02. The van der Waals surface area contributed by atoms with Crippen LogP contribution in [0.3, 0.4) is 0 Å². The second-order valence-corrected chi connectivity index (χ2v) is 7.58. The standard InChI is InChI=1S/C22H26N2O4/c1-12-13(2)19-16(14(3)18(12)25)10-11-22(4,28-19)21(27)24-17(20(23)26)15-8-6-5-7-9-15/h5-9,17,25H,10-11H2,1-4H3,(H2,23,26)(H,24,27). The molecule has 0 aromatic heterocycles. The van der Waals surface area contributed by atoms with Crippen LogP contribution in [0.15, 0.2) is 30.3 Å². The van der Waals surface area contributed by atoms with E-state index in [1.807, 2.05) is 26.8 Å². The van der Waals surface area contributed by atoms with Crippen LogP contribution >= 0.6 is 0 Å². The molecular formula is C22H26N2O4. The Labute approximate surface area is 164 Å². The van der Waals surface area contributed by atoms with Gasteiger partial charge in [-0.05, 0) is 56.4 Å². The first-order chi connectivity index (χ1) is 13.2. The van der Waals surface area contributed by atoms with Gasteiger partial charge in [0.1, 0.15) is 17.5 Å². The number of primary amides is 1. The molecule has 0 fully saturated rings. The molecule has 148 valence electrons. The van der Waals surface area contributed by atoms with Gasteiger partial charge in [-0.3, -0.25) is 9.59 Å². The van der Waals surface area contributed by atoms with Gasteiger partial charge in [0, 0.05) is 12.0 Å². The summed E-state index contributed by atoms with van der Waals surface area (Å²) in [5.41, 5.74) is 8.25. The minimum atomic E-state index is -1.14. The van der Waals surface area contributed by atoms with Gasteiger partial charge in [0.15, 0.2) is 5.60 Å². The number of benzene rings is 2. The van der Waals surface area contributed by atoms with Crippen molar-refractivity contribution >= 4 is 11.8 Å². The molecule has 0 bridgehead atoms. The Morgan fingerprint density at radius 1 is 1.14 bits per heavy atom. The molecule has 6 heteroatoms. The molecule has 2 amide bonds. The number of carbonyl (C=O) groups is 2. The fourth-order valence-electron chi connectivity index (χ4n) is 3.66. The summed E-state index contributed by atoms with van der Waals surface area (Å²) >= 11 is 0. The Morgan fingerprint density at radius 2 is 1.79 bits per heavy atom. The number of ether oxygens (including phenoxy) is 1. The molecule has 2 atom stereocenters. The molecule has 4 N–H and O–H groups in total. The van der Waals surface area contributed by atoms with Crippen molar-refractivity contribution in [2.24, 2.45) is 5.73 Å². The van der Waals surface area contributed by atoms with Crippen molar-refractivity contribution in [3.05, 3.63) is 58.1 Å². The number of amides is 2. The van der Waals surface area contributed by atoms with Gasteiger partial charge < -0.3 is 20.9 Å². The van der Waals surface area contributed by atoms with Crippen molar-refractivity contribution in [2.45, 2.75) is 52.2 Å². The molecule has 0 aliphatic carbocycles. The maximum atomic E-state index is 13.1. The van der Waals surface area contributed by atoms with Crippen LogP contribution < -0.4 is 15.8 Å². The maximum absolute atomic E-state index is 13.1. The van der Waals surface area contributed by atoms with Crippen LogP contribution in [-0.2, 0) is 16.0 Å². The fraction of sp³-hybridized carbons (Fsp3) is 0.364. The number of hydrogen-bond acceptors (Lipinski definition) is 4. The average Bonchev–Trinajstić information content (AvgIpc) is 2.69. The molecule has 1 aliphatic rings. The SMILES string of the molecule is Cc1c(C)c2c(c(C)c1O)CCC(C)(C(=O)NC(C(N)=O)c1ccccc1)O2.